The molecule has 1 aromatic carbocycles. The second-order valence-corrected chi connectivity index (χ2v) is 9.10. The number of nitrogens with zero attached hydrogens (tertiary/aromatic N) is 1. The van der Waals surface area contributed by atoms with E-state index in [4.69, 9.17) is 0 Å². The molecule has 8 heteroatoms. The summed E-state index contributed by atoms with van der Waals surface area (Å²) >= 11 is 1.61. The van der Waals surface area contributed by atoms with Gasteiger partial charge in [-0.1, -0.05) is 6.07 Å². The number of thiophene rings is 1. The summed E-state index contributed by atoms with van der Waals surface area (Å²) in [5, 5.41) is 5.22. The van der Waals surface area contributed by atoms with Crippen LogP contribution in [-0.2, 0) is 16.4 Å². The van der Waals surface area contributed by atoms with Crippen molar-refractivity contribution in [3.05, 3.63) is 52.2 Å². The largest absolute Gasteiger partial charge is 0.333 e. The normalized spacial score (nSPS) is 18.0. The maximum Gasteiger partial charge on any atom is 0.254 e. The minimum atomic E-state index is -3.57. The van der Waals surface area contributed by atoms with E-state index in [0.29, 0.717) is 25.1 Å². The van der Waals surface area contributed by atoms with Crippen molar-refractivity contribution in [1.82, 2.24) is 14.9 Å². The maximum absolute atomic E-state index is 12.6. The van der Waals surface area contributed by atoms with Gasteiger partial charge < -0.3 is 10.2 Å². The molecule has 2 aromatic rings. The van der Waals surface area contributed by atoms with Gasteiger partial charge >= 0.3 is 0 Å². The van der Waals surface area contributed by atoms with Gasteiger partial charge in [0.2, 0.25) is 10.0 Å². The lowest BCUT2D eigenvalue weighted by Gasteiger charge is -2.34. The molecule has 1 saturated heterocycles. The van der Waals surface area contributed by atoms with E-state index in [0.717, 1.165) is 18.0 Å². The van der Waals surface area contributed by atoms with E-state index in [1.54, 1.807) is 23.5 Å². The van der Waals surface area contributed by atoms with Crippen LogP contribution in [0, 0.1) is 0 Å². The number of benzene rings is 1. The van der Waals surface area contributed by atoms with E-state index >= 15 is 0 Å². The zero-order valence-electron chi connectivity index (χ0n) is 14.6. The Morgan fingerprint density at radius 2 is 2.08 bits per heavy atom. The van der Waals surface area contributed by atoms with Crippen LogP contribution in [0.4, 0.5) is 0 Å². The van der Waals surface area contributed by atoms with Crippen LogP contribution in [0.25, 0.3) is 0 Å². The molecule has 1 atom stereocenters. The molecule has 0 spiro atoms. The minimum Gasteiger partial charge on any atom is -0.333 e. The molecule has 1 aliphatic rings. The Morgan fingerprint density at radius 1 is 1.31 bits per heavy atom. The fourth-order valence-corrected chi connectivity index (χ4v) is 4.67. The standard InChI is InChI=1S/C18H23N3O3S2/c1-14-13-19-10-11-21(14)18(22)15-4-6-17(7-5-15)26(23,24)20-9-8-16-3-2-12-25-16/h2-7,12,14,19-20H,8-11,13H2,1H3. The predicted molar refractivity (Wildman–Crippen MR) is 103 cm³/mol. The molecule has 0 aliphatic carbocycles. The van der Waals surface area contributed by atoms with Crippen LogP contribution in [0.5, 0.6) is 0 Å². The third kappa shape index (κ3) is 4.50. The van der Waals surface area contributed by atoms with Gasteiger partial charge in [0, 0.05) is 42.7 Å². The smallest absolute Gasteiger partial charge is 0.254 e. The lowest BCUT2D eigenvalue weighted by molar-refractivity contribution is 0.0655. The second-order valence-electron chi connectivity index (χ2n) is 6.30. The van der Waals surface area contributed by atoms with Crippen molar-refractivity contribution in [2.45, 2.75) is 24.3 Å². The summed E-state index contributed by atoms with van der Waals surface area (Å²) in [6, 6.07) is 10.2. The first-order valence-electron chi connectivity index (χ1n) is 8.61. The van der Waals surface area contributed by atoms with Gasteiger partial charge in [-0.05, 0) is 49.1 Å². The molecule has 26 heavy (non-hydrogen) atoms. The van der Waals surface area contributed by atoms with Gasteiger partial charge in [0.1, 0.15) is 0 Å². The van der Waals surface area contributed by atoms with E-state index in [2.05, 4.69) is 10.0 Å². The zero-order chi connectivity index (χ0) is 18.6. The van der Waals surface area contributed by atoms with Gasteiger partial charge in [0.25, 0.3) is 5.91 Å². The average Bonchev–Trinajstić information content (AvgIpc) is 3.15. The number of amides is 1. The fraction of sp³-hybridized carbons (Fsp3) is 0.389. The topological polar surface area (TPSA) is 78.5 Å². The molecule has 140 valence electrons. The zero-order valence-corrected chi connectivity index (χ0v) is 16.3. The Morgan fingerprint density at radius 3 is 2.73 bits per heavy atom. The Hall–Kier alpha value is -1.74. The Kier molecular flexibility index (Phi) is 6.08. The van der Waals surface area contributed by atoms with Crippen molar-refractivity contribution in [3.8, 4) is 0 Å². The highest BCUT2D eigenvalue weighted by molar-refractivity contribution is 7.89. The highest BCUT2D eigenvalue weighted by Gasteiger charge is 2.24. The molecule has 1 amide bonds. The first-order valence-corrected chi connectivity index (χ1v) is 11.0. The monoisotopic (exact) mass is 393 g/mol. The predicted octanol–water partition coefficient (Wildman–Crippen LogP) is 1.70. The maximum atomic E-state index is 12.6. The van der Waals surface area contributed by atoms with Crippen LogP contribution >= 0.6 is 11.3 Å². The summed E-state index contributed by atoms with van der Waals surface area (Å²) in [6.45, 7) is 4.55. The minimum absolute atomic E-state index is 0.0615. The Bertz CT molecular complexity index is 833. The number of sulfonamides is 1. The quantitative estimate of drug-likeness (QED) is 0.783. The Balaban J connectivity index is 1.63. The summed E-state index contributed by atoms with van der Waals surface area (Å²) in [5.41, 5.74) is 0.510. The highest BCUT2D eigenvalue weighted by Crippen LogP contribution is 2.15. The van der Waals surface area contributed by atoms with E-state index in [-0.39, 0.29) is 16.8 Å². The molecule has 1 unspecified atom stereocenters. The molecule has 6 nitrogen and oxygen atoms in total. The number of piperazine rings is 1. The SMILES string of the molecule is CC1CNCCN1C(=O)c1ccc(S(=O)(=O)NCCc2cccs2)cc1. The van der Waals surface area contributed by atoms with Crippen LogP contribution in [-0.4, -0.2) is 51.4 Å². The van der Waals surface area contributed by atoms with E-state index in [1.165, 1.54) is 12.1 Å². The molecule has 2 N–H and O–H groups in total. The number of hydrogen-bond acceptors (Lipinski definition) is 5. The van der Waals surface area contributed by atoms with Gasteiger partial charge in [-0.2, -0.15) is 0 Å². The van der Waals surface area contributed by atoms with Crippen LogP contribution < -0.4 is 10.0 Å². The van der Waals surface area contributed by atoms with Crippen molar-refractivity contribution in [2.24, 2.45) is 0 Å². The van der Waals surface area contributed by atoms with Crippen molar-refractivity contribution in [2.75, 3.05) is 26.2 Å². The molecular formula is C18H23N3O3S2. The van der Waals surface area contributed by atoms with E-state index in [1.807, 2.05) is 29.3 Å². The Labute approximate surface area is 158 Å². The molecule has 0 radical (unpaired) electrons. The molecule has 1 fully saturated rings. The van der Waals surface area contributed by atoms with E-state index < -0.39 is 10.0 Å². The average molecular weight is 394 g/mol. The second kappa shape index (κ2) is 8.30. The van der Waals surface area contributed by atoms with Crippen molar-refractivity contribution in [3.63, 3.8) is 0 Å². The third-order valence-corrected chi connectivity index (χ3v) is 6.83. The molecule has 1 aliphatic heterocycles. The number of carbonyl (C=O) groups is 1. The van der Waals surface area contributed by atoms with Gasteiger partial charge in [0.15, 0.2) is 0 Å². The van der Waals surface area contributed by atoms with Crippen LogP contribution in [0.1, 0.15) is 22.2 Å². The number of rotatable bonds is 6. The molecule has 1 aromatic heterocycles. The van der Waals surface area contributed by atoms with Crippen molar-refractivity contribution >= 4 is 27.3 Å². The number of nitrogens with one attached hydrogen (secondary N) is 2. The summed E-state index contributed by atoms with van der Waals surface area (Å²) in [7, 11) is -3.57. The lowest BCUT2D eigenvalue weighted by atomic mass is 10.1. The van der Waals surface area contributed by atoms with Gasteiger partial charge in [-0.3, -0.25) is 4.79 Å². The summed E-state index contributed by atoms with van der Waals surface area (Å²) in [6.07, 6.45) is 0.661. The molecule has 0 bridgehead atoms. The number of carbonyl (C=O) groups excluding carboxylic acids is 1. The van der Waals surface area contributed by atoms with Crippen molar-refractivity contribution in [1.29, 1.82) is 0 Å². The van der Waals surface area contributed by atoms with Crippen LogP contribution in [0.15, 0.2) is 46.7 Å². The van der Waals surface area contributed by atoms with Crippen LogP contribution in [0.3, 0.4) is 0 Å². The summed E-state index contributed by atoms with van der Waals surface area (Å²) in [4.78, 5) is 15.7. The van der Waals surface area contributed by atoms with Crippen molar-refractivity contribution < 1.29 is 13.2 Å². The van der Waals surface area contributed by atoms with Crippen LogP contribution in [0.2, 0.25) is 0 Å². The van der Waals surface area contributed by atoms with Gasteiger partial charge in [0.05, 0.1) is 4.90 Å². The summed E-state index contributed by atoms with van der Waals surface area (Å²) < 4.78 is 27.4. The molecule has 0 saturated carbocycles. The fourth-order valence-electron chi connectivity index (χ4n) is 2.93. The summed E-state index contributed by atoms with van der Waals surface area (Å²) in [5.74, 6) is -0.0615. The molecular weight excluding hydrogens is 370 g/mol. The molecule has 2 heterocycles. The first-order chi connectivity index (χ1) is 12.5. The highest BCUT2D eigenvalue weighted by atomic mass is 32.2. The van der Waals surface area contributed by atoms with Gasteiger partial charge in [-0.25, -0.2) is 13.1 Å². The van der Waals surface area contributed by atoms with E-state index in [9.17, 15) is 13.2 Å². The molecule has 3 rings (SSSR count). The van der Waals surface area contributed by atoms with Gasteiger partial charge in [-0.15, -0.1) is 11.3 Å². The first kappa shape index (κ1) is 19.0. The third-order valence-electron chi connectivity index (χ3n) is 4.42. The lowest BCUT2D eigenvalue weighted by Crippen LogP contribution is -2.52. The number of hydrogen-bond donors (Lipinski definition) is 2.